The van der Waals surface area contributed by atoms with Crippen molar-refractivity contribution in [1.82, 2.24) is 4.90 Å². The molecule has 1 aromatic carbocycles. The number of likely N-dealkylation sites (tertiary alicyclic amines) is 1. The van der Waals surface area contributed by atoms with Gasteiger partial charge in [0.2, 0.25) is 13.3 Å². The minimum Gasteiger partial charge on any atom is -0.377 e. The lowest BCUT2D eigenvalue weighted by Crippen LogP contribution is -2.44. The molecule has 2 fully saturated rings. The number of halogens is 2. The molecular weight excluding hydrogens is 523 g/mol. The summed E-state index contributed by atoms with van der Waals surface area (Å²) >= 11 is 0. The number of carbonyl (C=O) groups is 2. The van der Waals surface area contributed by atoms with Gasteiger partial charge in [-0.25, -0.2) is 8.78 Å². The minimum absolute atomic E-state index is 0.0765. The number of carbonyl (C=O) groups excluding carboxylic acids is 2. The summed E-state index contributed by atoms with van der Waals surface area (Å²) in [6, 6.07) is 2.90. The molecule has 1 unspecified atom stereocenters. The molecule has 1 aromatic rings. The average molecular weight is 566 g/mol. The quantitative estimate of drug-likeness (QED) is 0.129. The maximum absolute atomic E-state index is 14.7. The van der Waals surface area contributed by atoms with Crippen molar-refractivity contribution in [2.24, 2.45) is 17.8 Å². The normalized spacial score (nSPS) is 26.6. The fraction of sp³-hybridized carbons (Fsp3) is 0.600. The molecular formula is C30H42F2NO5P. The van der Waals surface area contributed by atoms with Gasteiger partial charge in [0.15, 0.2) is 5.78 Å². The Morgan fingerprint density at radius 2 is 1.95 bits per heavy atom. The van der Waals surface area contributed by atoms with E-state index in [1.807, 2.05) is 13.8 Å². The molecule has 0 radical (unpaired) electrons. The lowest BCUT2D eigenvalue weighted by Gasteiger charge is -2.32. The molecule has 0 N–H and O–H groups in total. The van der Waals surface area contributed by atoms with E-state index in [9.17, 15) is 22.9 Å². The van der Waals surface area contributed by atoms with Crippen LogP contribution in [-0.4, -0.2) is 54.2 Å². The molecule has 1 amide bonds. The van der Waals surface area contributed by atoms with Gasteiger partial charge in [-0.1, -0.05) is 32.1 Å². The third kappa shape index (κ3) is 6.96. The Labute approximate surface area is 231 Å². The van der Waals surface area contributed by atoms with Crippen molar-refractivity contribution in [3.63, 3.8) is 0 Å². The summed E-state index contributed by atoms with van der Waals surface area (Å²) < 4.78 is 55.4. The third-order valence-corrected chi connectivity index (χ3v) is 11.5. The van der Waals surface area contributed by atoms with Crippen LogP contribution in [0, 0.1) is 29.4 Å². The van der Waals surface area contributed by atoms with Gasteiger partial charge < -0.3 is 14.2 Å². The number of hydrogen-bond acceptors (Lipinski definition) is 5. The van der Waals surface area contributed by atoms with Gasteiger partial charge in [-0.2, -0.15) is 0 Å². The Morgan fingerprint density at radius 1 is 1.26 bits per heavy atom. The first-order chi connectivity index (χ1) is 18.5. The molecule has 1 aliphatic heterocycles. The van der Waals surface area contributed by atoms with Crippen molar-refractivity contribution in [2.75, 3.05) is 26.4 Å². The van der Waals surface area contributed by atoms with Crippen LogP contribution >= 0.6 is 7.37 Å². The van der Waals surface area contributed by atoms with E-state index in [-0.39, 0.29) is 48.0 Å². The minimum atomic E-state index is -3.77. The first-order valence-corrected chi connectivity index (χ1v) is 15.6. The van der Waals surface area contributed by atoms with E-state index < -0.39 is 36.4 Å². The van der Waals surface area contributed by atoms with E-state index in [1.165, 1.54) is 6.07 Å². The number of ketones is 1. The maximum Gasteiger partial charge on any atom is 0.226 e. The molecule has 2 aliphatic rings. The number of nitrogens with zero attached hydrogens (tertiary/aromatic N) is 1. The van der Waals surface area contributed by atoms with Crippen LogP contribution in [0.4, 0.5) is 8.78 Å². The topological polar surface area (TPSA) is 72.9 Å². The fourth-order valence-electron chi connectivity index (χ4n) is 5.96. The SMILES string of the molecule is C=CCOCC[C@@H]1C[C@]1(CC(=O)[C@@H]1C[C@H](C)CN1C(=O)[C@@H](C)CC=C)P(=O)(Cc1c(F)cccc1F)OCC. The zero-order valence-corrected chi connectivity index (χ0v) is 24.3. The van der Waals surface area contributed by atoms with Crippen molar-refractivity contribution in [2.45, 2.75) is 70.2 Å². The van der Waals surface area contributed by atoms with E-state index in [0.29, 0.717) is 45.4 Å². The molecule has 6 atom stereocenters. The number of allylic oxidation sites excluding steroid dienone is 1. The van der Waals surface area contributed by atoms with Gasteiger partial charge in [0.05, 0.1) is 30.6 Å². The van der Waals surface area contributed by atoms with Gasteiger partial charge in [0, 0.05) is 31.1 Å². The standard InChI is InChI=1S/C30H42F2NO5P/c1-6-10-22(5)29(35)33-19-21(4)16-27(33)28(34)18-30(17-23(30)13-15-37-14-7-2)39(36,38-8-3)20-24-25(31)11-9-12-26(24)32/h6-7,9,11-12,21-23,27H,1-2,8,10,13-20H2,3-5H3/t21-,22-,23+,27-,30+,39?/m0/s1. The monoisotopic (exact) mass is 565 g/mol. The second kappa shape index (κ2) is 13.5. The molecule has 216 valence electrons. The Kier molecular flexibility index (Phi) is 10.8. The molecule has 1 saturated carbocycles. The summed E-state index contributed by atoms with van der Waals surface area (Å²) in [6.07, 6.45) is 4.79. The molecule has 3 rings (SSSR count). The largest absolute Gasteiger partial charge is 0.377 e. The number of Topliss-reactive ketones (excluding diaryl/α,β-unsaturated/α-hetero) is 1. The van der Waals surface area contributed by atoms with Crippen LogP contribution in [0.2, 0.25) is 0 Å². The van der Waals surface area contributed by atoms with Crippen LogP contribution in [0.25, 0.3) is 0 Å². The van der Waals surface area contributed by atoms with Crippen molar-refractivity contribution in [3.05, 3.63) is 60.7 Å². The van der Waals surface area contributed by atoms with Crippen LogP contribution in [-0.2, 0) is 29.6 Å². The third-order valence-electron chi connectivity index (χ3n) is 8.08. The van der Waals surface area contributed by atoms with Gasteiger partial charge in [0.1, 0.15) is 11.6 Å². The second-order valence-corrected chi connectivity index (χ2v) is 13.8. The Morgan fingerprint density at radius 3 is 2.56 bits per heavy atom. The molecule has 0 aromatic heterocycles. The zero-order valence-electron chi connectivity index (χ0n) is 23.4. The average Bonchev–Trinajstić information content (AvgIpc) is 3.45. The van der Waals surface area contributed by atoms with Gasteiger partial charge in [-0.05, 0) is 56.6 Å². The number of rotatable bonds is 16. The predicted molar refractivity (Wildman–Crippen MR) is 149 cm³/mol. The molecule has 39 heavy (non-hydrogen) atoms. The fourth-order valence-corrected chi connectivity index (χ4v) is 9.34. The maximum atomic E-state index is 14.7. The number of ether oxygens (including phenoxy) is 1. The summed E-state index contributed by atoms with van der Waals surface area (Å²) in [5.74, 6) is -2.20. The van der Waals surface area contributed by atoms with Crippen molar-refractivity contribution >= 4 is 19.1 Å². The summed E-state index contributed by atoms with van der Waals surface area (Å²) in [4.78, 5) is 28.8. The van der Waals surface area contributed by atoms with Crippen molar-refractivity contribution in [1.29, 1.82) is 0 Å². The second-order valence-electron chi connectivity index (χ2n) is 11.0. The van der Waals surface area contributed by atoms with E-state index in [4.69, 9.17) is 9.26 Å². The highest BCUT2D eigenvalue weighted by atomic mass is 31.2. The van der Waals surface area contributed by atoms with E-state index >= 15 is 0 Å². The lowest BCUT2D eigenvalue weighted by atomic mass is 9.99. The number of benzene rings is 1. The molecule has 9 heteroatoms. The molecule has 6 nitrogen and oxygen atoms in total. The smallest absolute Gasteiger partial charge is 0.226 e. The van der Waals surface area contributed by atoms with Crippen LogP contribution in [0.3, 0.4) is 0 Å². The molecule has 1 aliphatic carbocycles. The van der Waals surface area contributed by atoms with E-state index in [1.54, 1.807) is 24.0 Å². The number of hydrogen-bond donors (Lipinski definition) is 0. The molecule has 0 bridgehead atoms. The Bertz CT molecular complexity index is 1090. The van der Waals surface area contributed by atoms with Crippen molar-refractivity contribution in [3.8, 4) is 0 Å². The summed E-state index contributed by atoms with van der Waals surface area (Å²) in [5, 5.41) is -1.07. The van der Waals surface area contributed by atoms with Crippen LogP contribution < -0.4 is 0 Å². The summed E-state index contributed by atoms with van der Waals surface area (Å²) in [7, 11) is -3.77. The molecule has 0 spiro atoms. The first-order valence-electron chi connectivity index (χ1n) is 13.8. The van der Waals surface area contributed by atoms with Crippen LogP contribution in [0.5, 0.6) is 0 Å². The van der Waals surface area contributed by atoms with Crippen LogP contribution in [0.15, 0.2) is 43.5 Å². The molecule has 1 heterocycles. The Balaban J connectivity index is 1.93. The number of amides is 1. The van der Waals surface area contributed by atoms with Gasteiger partial charge in [-0.15, -0.1) is 13.2 Å². The summed E-state index contributed by atoms with van der Waals surface area (Å²) in [6.45, 7) is 14.2. The highest BCUT2D eigenvalue weighted by molar-refractivity contribution is 7.60. The van der Waals surface area contributed by atoms with E-state index in [0.717, 1.165) is 12.1 Å². The first kappa shape index (κ1) is 31.4. The lowest BCUT2D eigenvalue weighted by molar-refractivity contribution is -0.140. The van der Waals surface area contributed by atoms with Crippen molar-refractivity contribution < 1.29 is 32.2 Å². The zero-order chi connectivity index (χ0) is 28.8. The molecule has 1 saturated heterocycles. The Hall–Kier alpha value is -2.15. The summed E-state index contributed by atoms with van der Waals surface area (Å²) in [5.41, 5.74) is -0.292. The highest BCUT2D eigenvalue weighted by Gasteiger charge is 2.66. The van der Waals surface area contributed by atoms with Gasteiger partial charge in [-0.3, -0.25) is 14.2 Å². The highest BCUT2D eigenvalue weighted by Crippen LogP contribution is 2.77. The predicted octanol–water partition coefficient (Wildman–Crippen LogP) is 6.54. The van der Waals surface area contributed by atoms with E-state index in [2.05, 4.69) is 13.2 Å². The van der Waals surface area contributed by atoms with Crippen LogP contribution in [0.1, 0.15) is 58.4 Å². The van der Waals surface area contributed by atoms with Gasteiger partial charge >= 0.3 is 0 Å². The van der Waals surface area contributed by atoms with Gasteiger partial charge in [0.25, 0.3) is 0 Å².